The fourth-order valence-corrected chi connectivity index (χ4v) is 3.75. The van der Waals surface area contributed by atoms with Gasteiger partial charge in [-0.2, -0.15) is 0 Å². The molecule has 150 valence electrons. The summed E-state index contributed by atoms with van der Waals surface area (Å²) in [6.07, 6.45) is 6.53. The van der Waals surface area contributed by atoms with Crippen molar-refractivity contribution in [3.8, 4) is 0 Å². The molecule has 3 heterocycles. The van der Waals surface area contributed by atoms with E-state index in [0.717, 1.165) is 16.7 Å². The quantitative estimate of drug-likeness (QED) is 0.411. The lowest BCUT2D eigenvalue weighted by Gasteiger charge is -2.25. The Morgan fingerprint density at radius 3 is 2.50 bits per heavy atom. The monoisotopic (exact) mass is 399 g/mol. The van der Waals surface area contributed by atoms with Gasteiger partial charge in [-0.25, -0.2) is 0 Å². The van der Waals surface area contributed by atoms with Crippen LogP contribution < -0.4 is 0 Å². The van der Waals surface area contributed by atoms with Gasteiger partial charge in [0.1, 0.15) is 5.76 Å². The number of aryl methyl sites for hydroxylation is 2. The third-order valence-corrected chi connectivity index (χ3v) is 5.29. The number of amides is 1. The Kier molecular flexibility index (Phi) is 5.14. The zero-order valence-electron chi connectivity index (χ0n) is 16.7. The number of hydrogen-bond acceptors (Lipinski definition) is 5. The van der Waals surface area contributed by atoms with Gasteiger partial charge in [0.25, 0.3) is 11.7 Å². The lowest BCUT2D eigenvalue weighted by molar-refractivity contribution is -0.140. The summed E-state index contributed by atoms with van der Waals surface area (Å²) in [5.41, 5.74) is 3.90. The molecule has 1 atom stereocenters. The number of carbonyl (C=O) groups excluding carboxylic acids is 2. The zero-order chi connectivity index (χ0) is 21.3. The highest BCUT2D eigenvalue weighted by Gasteiger charge is 2.46. The fourth-order valence-electron chi connectivity index (χ4n) is 3.75. The second kappa shape index (κ2) is 7.91. The van der Waals surface area contributed by atoms with Crippen LogP contribution in [0.1, 0.15) is 33.9 Å². The lowest BCUT2D eigenvalue weighted by Crippen LogP contribution is -2.29. The highest BCUT2D eigenvalue weighted by molar-refractivity contribution is 6.46. The minimum absolute atomic E-state index is 0.0794. The molecule has 1 saturated heterocycles. The van der Waals surface area contributed by atoms with Gasteiger partial charge in [0, 0.05) is 36.9 Å². The fraction of sp³-hybridized carbons (Fsp3) is 0.167. The van der Waals surface area contributed by atoms with Crippen LogP contribution >= 0.6 is 0 Å². The molecule has 1 N–H and O–H groups in total. The van der Waals surface area contributed by atoms with E-state index >= 15 is 0 Å². The molecule has 30 heavy (non-hydrogen) atoms. The number of aliphatic hydroxyl groups is 1. The number of carbonyl (C=O) groups is 2. The van der Waals surface area contributed by atoms with Gasteiger partial charge < -0.3 is 10.0 Å². The Morgan fingerprint density at radius 2 is 1.80 bits per heavy atom. The van der Waals surface area contributed by atoms with E-state index in [2.05, 4.69) is 9.97 Å². The molecule has 1 amide bonds. The van der Waals surface area contributed by atoms with Gasteiger partial charge in [-0.1, -0.05) is 23.8 Å². The lowest BCUT2D eigenvalue weighted by atomic mass is 9.94. The maximum absolute atomic E-state index is 13.1. The molecule has 1 fully saturated rings. The zero-order valence-corrected chi connectivity index (χ0v) is 16.7. The normalized spacial score (nSPS) is 18.1. The van der Waals surface area contributed by atoms with E-state index in [9.17, 15) is 14.7 Å². The Labute approximate surface area is 174 Å². The summed E-state index contributed by atoms with van der Waals surface area (Å²) in [6.45, 7) is 3.99. The van der Waals surface area contributed by atoms with Crippen LogP contribution in [0.4, 0.5) is 0 Å². The van der Waals surface area contributed by atoms with E-state index in [1.54, 1.807) is 49.1 Å². The van der Waals surface area contributed by atoms with Crippen LogP contribution in [-0.2, 0) is 16.1 Å². The van der Waals surface area contributed by atoms with Gasteiger partial charge in [0.15, 0.2) is 0 Å². The van der Waals surface area contributed by atoms with Crippen molar-refractivity contribution in [3.63, 3.8) is 0 Å². The van der Waals surface area contributed by atoms with E-state index in [4.69, 9.17) is 0 Å². The first kappa shape index (κ1) is 19.5. The number of rotatable bonds is 4. The van der Waals surface area contributed by atoms with Crippen molar-refractivity contribution in [3.05, 3.63) is 101 Å². The van der Waals surface area contributed by atoms with Crippen LogP contribution in [0.25, 0.3) is 5.76 Å². The van der Waals surface area contributed by atoms with E-state index in [-0.39, 0.29) is 17.9 Å². The number of Topliss-reactive ketones (excluding diaryl/α,β-unsaturated/α-hetero) is 1. The molecule has 1 unspecified atom stereocenters. The molecular weight excluding hydrogens is 378 g/mol. The molecule has 4 rings (SSSR count). The number of hydrogen-bond donors (Lipinski definition) is 1. The van der Waals surface area contributed by atoms with Crippen molar-refractivity contribution in [2.75, 3.05) is 0 Å². The number of aliphatic hydroxyl groups excluding tert-OH is 1. The average molecular weight is 399 g/mol. The van der Waals surface area contributed by atoms with Crippen molar-refractivity contribution >= 4 is 17.4 Å². The molecular formula is C24H21N3O3. The summed E-state index contributed by atoms with van der Waals surface area (Å²) in [5.74, 6) is -1.51. The second-order valence-electron chi connectivity index (χ2n) is 7.39. The number of ketones is 1. The molecule has 2 aromatic heterocycles. The average Bonchev–Trinajstić information content (AvgIpc) is 3.01. The third-order valence-electron chi connectivity index (χ3n) is 5.29. The summed E-state index contributed by atoms with van der Waals surface area (Å²) in [7, 11) is 0. The van der Waals surface area contributed by atoms with Gasteiger partial charge in [-0.15, -0.1) is 0 Å². The molecule has 0 aliphatic carbocycles. The molecule has 6 nitrogen and oxygen atoms in total. The van der Waals surface area contributed by atoms with E-state index in [1.165, 1.54) is 4.90 Å². The molecule has 1 aromatic carbocycles. The topological polar surface area (TPSA) is 83.4 Å². The molecule has 6 heteroatoms. The summed E-state index contributed by atoms with van der Waals surface area (Å²) in [6, 6.07) is 12.1. The van der Waals surface area contributed by atoms with Gasteiger partial charge in [0.05, 0.1) is 11.6 Å². The van der Waals surface area contributed by atoms with Crippen molar-refractivity contribution in [1.82, 2.24) is 14.9 Å². The highest BCUT2D eigenvalue weighted by Crippen LogP contribution is 2.40. The molecule has 3 aromatic rings. The molecule has 1 aliphatic heterocycles. The van der Waals surface area contributed by atoms with Crippen LogP contribution in [0, 0.1) is 13.8 Å². The van der Waals surface area contributed by atoms with Crippen LogP contribution in [0.3, 0.4) is 0 Å². The predicted molar refractivity (Wildman–Crippen MR) is 112 cm³/mol. The van der Waals surface area contributed by atoms with Gasteiger partial charge in [-0.05, 0) is 54.8 Å². The van der Waals surface area contributed by atoms with Crippen molar-refractivity contribution in [1.29, 1.82) is 0 Å². The summed E-state index contributed by atoms with van der Waals surface area (Å²) >= 11 is 0. The number of benzene rings is 1. The number of likely N-dealkylation sites (tertiary alicyclic amines) is 1. The predicted octanol–water partition coefficient (Wildman–Crippen LogP) is 3.72. The van der Waals surface area contributed by atoms with E-state index in [0.29, 0.717) is 11.1 Å². The molecule has 0 radical (unpaired) electrons. The maximum atomic E-state index is 13.1. The van der Waals surface area contributed by atoms with Gasteiger partial charge in [0.2, 0.25) is 0 Å². The van der Waals surface area contributed by atoms with E-state index < -0.39 is 17.7 Å². The smallest absolute Gasteiger partial charge is 0.295 e. The van der Waals surface area contributed by atoms with Gasteiger partial charge in [-0.3, -0.25) is 19.6 Å². The van der Waals surface area contributed by atoms with Crippen LogP contribution in [0.2, 0.25) is 0 Å². The summed E-state index contributed by atoms with van der Waals surface area (Å²) < 4.78 is 0. The number of aromatic nitrogens is 2. The first-order valence-electron chi connectivity index (χ1n) is 9.62. The first-order valence-corrected chi connectivity index (χ1v) is 9.62. The van der Waals surface area contributed by atoms with Crippen molar-refractivity contribution in [2.24, 2.45) is 0 Å². The Hall–Kier alpha value is -3.80. The molecule has 1 aliphatic rings. The van der Waals surface area contributed by atoms with Crippen LogP contribution in [0.15, 0.2) is 72.8 Å². The third kappa shape index (κ3) is 3.48. The molecule has 0 saturated carbocycles. The Bertz CT molecular complexity index is 1140. The standard InChI is InChI=1S/C24H21N3O3/c1-15-5-6-16(2)19(12-15)22(28)20-21(18-4-3-9-26-13-18)27(24(30)23(20)29)14-17-7-10-25-11-8-17/h3-13,21,28H,14H2,1-2H3. The van der Waals surface area contributed by atoms with Crippen molar-refractivity contribution < 1.29 is 14.7 Å². The highest BCUT2D eigenvalue weighted by atomic mass is 16.3. The van der Waals surface area contributed by atoms with Gasteiger partial charge >= 0.3 is 0 Å². The number of pyridine rings is 2. The van der Waals surface area contributed by atoms with Crippen molar-refractivity contribution in [2.45, 2.75) is 26.4 Å². The molecule has 0 bridgehead atoms. The maximum Gasteiger partial charge on any atom is 0.295 e. The largest absolute Gasteiger partial charge is 0.507 e. The Balaban J connectivity index is 1.89. The minimum Gasteiger partial charge on any atom is -0.507 e. The first-order chi connectivity index (χ1) is 14.5. The van der Waals surface area contributed by atoms with Crippen LogP contribution in [0.5, 0.6) is 0 Å². The Morgan fingerprint density at radius 1 is 1.03 bits per heavy atom. The summed E-state index contributed by atoms with van der Waals surface area (Å²) in [5, 5.41) is 11.2. The minimum atomic E-state index is -0.730. The molecule has 0 spiro atoms. The number of nitrogens with zero attached hydrogens (tertiary/aromatic N) is 3. The second-order valence-corrected chi connectivity index (χ2v) is 7.39. The SMILES string of the molecule is Cc1ccc(C)c(C(O)=C2C(=O)C(=O)N(Cc3ccncc3)C2c2cccnc2)c1. The van der Waals surface area contributed by atoms with Crippen LogP contribution in [-0.4, -0.2) is 31.7 Å². The summed E-state index contributed by atoms with van der Waals surface area (Å²) in [4.78, 5) is 35.7. The van der Waals surface area contributed by atoms with E-state index in [1.807, 2.05) is 32.0 Å².